The maximum Gasteiger partial charge on any atom is 0.410 e. The van der Waals surface area contributed by atoms with Gasteiger partial charge in [-0.2, -0.15) is 0 Å². The van der Waals surface area contributed by atoms with Crippen LogP contribution in [0.3, 0.4) is 0 Å². The number of hydrogen-bond donors (Lipinski definition) is 0. The Kier molecular flexibility index (Phi) is 4.99. The van der Waals surface area contributed by atoms with E-state index in [0.717, 1.165) is 5.56 Å². The Morgan fingerprint density at radius 1 is 1.28 bits per heavy atom. The summed E-state index contributed by atoms with van der Waals surface area (Å²) in [6.07, 6.45) is 0.214. The van der Waals surface area contributed by atoms with Crippen molar-refractivity contribution in [2.45, 2.75) is 51.5 Å². The second-order valence-electron chi connectivity index (χ2n) is 7.64. The first-order valence-corrected chi connectivity index (χ1v) is 8.76. The van der Waals surface area contributed by atoms with Gasteiger partial charge in [0.2, 0.25) is 5.91 Å². The molecule has 6 nitrogen and oxygen atoms in total. The molecular weight excluding hydrogens is 320 g/mol. The van der Waals surface area contributed by atoms with E-state index in [-0.39, 0.29) is 30.8 Å². The number of fused-ring (bicyclic) bond motifs is 1. The third-order valence-corrected chi connectivity index (χ3v) is 4.51. The van der Waals surface area contributed by atoms with Crippen LogP contribution in [-0.2, 0) is 20.8 Å². The van der Waals surface area contributed by atoms with Crippen LogP contribution < -0.4 is 0 Å². The smallest absolute Gasteiger partial charge is 0.410 e. The van der Waals surface area contributed by atoms with Crippen molar-refractivity contribution in [1.29, 1.82) is 0 Å². The predicted octanol–water partition coefficient (Wildman–Crippen LogP) is 2.42. The lowest BCUT2D eigenvalue weighted by Crippen LogP contribution is -2.61. The molecule has 0 saturated carbocycles. The molecule has 2 aliphatic heterocycles. The zero-order valence-electron chi connectivity index (χ0n) is 15.1. The summed E-state index contributed by atoms with van der Waals surface area (Å²) in [5.74, 6) is 0.0100. The normalized spacial score (nSPS) is 24.0. The van der Waals surface area contributed by atoms with Gasteiger partial charge in [0.05, 0.1) is 18.7 Å². The molecule has 25 heavy (non-hydrogen) atoms. The Morgan fingerprint density at radius 3 is 2.68 bits per heavy atom. The number of nitrogens with zero attached hydrogens (tertiary/aromatic N) is 2. The molecule has 0 spiro atoms. The minimum atomic E-state index is -0.517. The van der Waals surface area contributed by atoms with Crippen LogP contribution in [0.15, 0.2) is 30.3 Å². The van der Waals surface area contributed by atoms with Crippen molar-refractivity contribution >= 4 is 12.0 Å². The average molecular weight is 346 g/mol. The zero-order chi connectivity index (χ0) is 18.0. The van der Waals surface area contributed by atoms with Crippen LogP contribution in [0.4, 0.5) is 4.79 Å². The van der Waals surface area contributed by atoms with Gasteiger partial charge in [-0.3, -0.25) is 4.79 Å². The number of carbonyl (C=O) groups is 2. The molecule has 2 amide bonds. The summed E-state index contributed by atoms with van der Waals surface area (Å²) in [7, 11) is 0. The molecule has 136 valence electrons. The number of ether oxygens (including phenoxy) is 2. The van der Waals surface area contributed by atoms with Crippen molar-refractivity contribution in [3.05, 3.63) is 35.9 Å². The molecule has 0 bridgehead atoms. The van der Waals surface area contributed by atoms with Gasteiger partial charge in [-0.15, -0.1) is 0 Å². The average Bonchev–Trinajstić information content (AvgIpc) is 2.56. The van der Waals surface area contributed by atoms with Gasteiger partial charge in [0.15, 0.2) is 0 Å². The zero-order valence-corrected chi connectivity index (χ0v) is 15.1. The third-order valence-electron chi connectivity index (χ3n) is 4.51. The number of benzene rings is 1. The molecule has 0 radical (unpaired) electrons. The number of morpholine rings is 1. The van der Waals surface area contributed by atoms with Gasteiger partial charge in [-0.25, -0.2) is 4.79 Å². The van der Waals surface area contributed by atoms with E-state index in [1.165, 1.54) is 0 Å². The Morgan fingerprint density at radius 2 is 2.00 bits per heavy atom. The lowest BCUT2D eigenvalue weighted by atomic mass is 9.97. The van der Waals surface area contributed by atoms with Gasteiger partial charge < -0.3 is 19.3 Å². The second kappa shape index (κ2) is 7.04. The van der Waals surface area contributed by atoms with E-state index in [9.17, 15) is 9.59 Å². The molecule has 1 aromatic carbocycles. The van der Waals surface area contributed by atoms with Crippen LogP contribution >= 0.6 is 0 Å². The Bertz CT molecular complexity index is 626. The Labute approximate surface area is 148 Å². The lowest BCUT2D eigenvalue weighted by molar-refractivity contribution is -0.164. The van der Waals surface area contributed by atoms with E-state index in [4.69, 9.17) is 9.47 Å². The minimum Gasteiger partial charge on any atom is -0.444 e. The minimum absolute atomic E-state index is 0.000132. The van der Waals surface area contributed by atoms with Gasteiger partial charge in [0.25, 0.3) is 0 Å². The summed E-state index contributed by atoms with van der Waals surface area (Å²) < 4.78 is 11.2. The summed E-state index contributed by atoms with van der Waals surface area (Å²) in [5.41, 5.74) is 0.586. The molecule has 0 aliphatic carbocycles. The topological polar surface area (TPSA) is 59.1 Å². The monoisotopic (exact) mass is 346 g/mol. The van der Waals surface area contributed by atoms with E-state index in [1.807, 2.05) is 56.0 Å². The lowest BCUT2D eigenvalue weighted by Gasteiger charge is -2.46. The summed E-state index contributed by atoms with van der Waals surface area (Å²) in [6.45, 7) is 7.24. The summed E-state index contributed by atoms with van der Waals surface area (Å²) in [6, 6.07) is 9.96. The highest BCUT2D eigenvalue weighted by molar-refractivity contribution is 5.78. The predicted molar refractivity (Wildman–Crippen MR) is 92.9 cm³/mol. The molecule has 3 rings (SSSR count). The van der Waals surface area contributed by atoms with Crippen LogP contribution in [0, 0.1) is 0 Å². The van der Waals surface area contributed by atoms with Crippen LogP contribution in [0.5, 0.6) is 0 Å². The first kappa shape index (κ1) is 17.7. The van der Waals surface area contributed by atoms with Gasteiger partial charge in [-0.1, -0.05) is 30.3 Å². The van der Waals surface area contributed by atoms with Crippen molar-refractivity contribution in [2.75, 3.05) is 19.7 Å². The van der Waals surface area contributed by atoms with Gasteiger partial charge in [-0.05, 0) is 32.8 Å². The van der Waals surface area contributed by atoms with E-state index in [0.29, 0.717) is 26.1 Å². The quantitative estimate of drug-likeness (QED) is 0.825. The van der Waals surface area contributed by atoms with Crippen molar-refractivity contribution in [3.8, 4) is 0 Å². The highest BCUT2D eigenvalue weighted by atomic mass is 16.6. The van der Waals surface area contributed by atoms with Crippen molar-refractivity contribution in [2.24, 2.45) is 0 Å². The van der Waals surface area contributed by atoms with Crippen molar-refractivity contribution in [3.63, 3.8) is 0 Å². The fourth-order valence-corrected chi connectivity index (χ4v) is 3.35. The molecule has 6 heteroatoms. The molecule has 0 unspecified atom stereocenters. The number of rotatable bonds is 2. The highest BCUT2D eigenvalue weighted by Gasteiger charge is 2.42. The maximum absolute atomic E-state index is 12.4. The van der Waals surface area contributed by atoms with Crippen molar-refractivity contribution in [1.82, 2.24) is 9.80 Å². The molecule has 2 atom stereocenters. The summed E-state index contributed by atoms with van der Waals surface area (Å²) >= 11 is 0. The van der Waals surface area contributed by atoms with Crippen LogP contribution in [-0.4, -0.2) is 59.2 Å². The fourth-order valence-electron chi connectivity index (χ4n) is 3.35. The molecule has 0 aromatic heterocycles. The molecular formula is C19H26N2O4. The third kappa shape index (κ3) is 4.31. The van der Waals surface area contributed by atoms with Gasteiger partial charge >= 0.3 is 6.09 Å². The molecule has 0 N–H and O–H groups in total. The van der Waals surface area contributed by atoms with E-state index in [1.54, 1.807) is 4.90 Å². The molecule has 2 fully saturated rings. The van der Waals surface area contributed by atoms with Crippen LogP contribution in [0.25, 0.3) is 0 Å². The molecule has 2 saturated heterocycles. The first-order chi connectivity index (χ1) is 11.8. The largest absolute Gasteiger partial charge is 0.444 e. The number of hydrogen-bond acceptors (Lipinski definition) is 4. The highest BCUT2D eigenvalue weighted by Crippen LogP contribution is 2.26. The summed E-state index contributed by atoms with van der Waals surface area (Å²) in [5, 5.41) is 0. The van der Waals surface area contributed by atoms with E-state index >= 15 is 0 Å². The van der Waals surface area contributed by atoms with E-state index < -0.39 is 5.60 Å². The van der Waals surface area contributed by atoms with Gasteiger partial charge in [0, 0.05) is 13.1 Å². The molecule has 1 aromatic rings. The Balaban J connectivity index is 1.66. The number of piperidine rings is 1. The van der Waals surface area contributed by atoms with Crippen molar-refractivity contribution < 1.29 is 19.1 Å². The Hall–Kier alpha value is -2.08. The molecule has 2 heterocycles. The van der Waals surface area contributed by atoms with E-state index in [2.05, 4.69) is 0 Å². The fraction of sp³-hybridized carbons (Fsp3) is 0.579. The summed E-state index contributed by atoms with van der Waals surface area (Å²) in [4.78, 5) is 28.2. The first-order valence-electron chi connectivity index (χ1n) is 8.76. The maximum atomic E-state index is 12.4. The van der Waals surface area contributed by atoms with Crippen LogP contribution in [0.1, 0.15) is 32.8 Å². The van der Waals surface area contributed by atoms with Crippen LogP contribution in [0.2, 0.25) is 0 Å². The number of likely N-dealkylation sites (tertiary alicyclic amines) is 1. The number of carbonyl (C=O) groups excluding carboxylic acids is 2. The van der Waals surface area contributed by atoms with Gasteiger partial charge in [0.1, 0.15) is 12.2 Å². The molecule has 2 aliphatic rings. The number of amides is 2. The second-order valence-corrected chi connectivity index (χ2v) is 7.64. The SMILES string of the molecule is CC(C)(C)OC(=O)N1CC[C@@H]2[C@@H](C1)OCC(=O)N2Cc1ccccc1. The standard InChI is InChI=1S/C19H26N2O4/c1-19(2,3)25-18(23)20-10-9-15-16(12-20)24-13-17(22)21(15)11-14-7-5-4-6-8-14/h4-8,15-16H,9-13H2,1-3H3/t15-,16-/m1/s1.